The van der Waals surface area contributed by atoms with Crippen molar-refractivity contribution < 1.29 is 18.8 Å². The zero-order valence-electron chi connectivity index (χ0n) is 13.1. The van der Waals surface area contributed by atoms with Crippen LogP contribution in [0, 0.1) is 0 Å². The third-order valence-electron chi connectivity index (χ3n) is 3.97. The van der Waals surface area contributed by atoms with Crippen LogP contribution in [-0.4, -0.2) is 29.3 Å². The average molecular weight is 327 g/mol. The summed E-state index contributed by atoms with van der Waals surface area (Å²) in [4.78, 5) is 37.7. The average Bonchev–Trinajstić information content (AvgIpc) is 3.17. The largest absolute Gasteiger partial charge is 0.467 e. The summed E-state index contributed by atoms with van der Waals surface area (Å²) in [5.41, 5.74) is -0.499. The molecule has 1 atom stereocenters. The van der Waals surface area contributed by atoms with Crippen molar-refractivity contribution in [3.05, 3.63) is 60.1 Å². The van der Waals surface area contributed by atoms with Gasteiger partial charge in [-0.25, -0.2) is 4.79 Å². The maximum atomic E-state index is 12.7. The Morgan fingerprint density at radius 2 is 1.96 bits per heavy atom. The van der Waals surface area contributed by atoms with Crippen molar-refractivity contribution in [3.63, 3.8) is 0 Å². The van der Waals surface area contributed by atoms with Crippen molar-refractivity contribution in [1.29, 1.82) is 0 Å². The van der Waals surface area contributed by atoms with Gasteiger partial charge in [-0.1, -0.05) is 30.3 Å². The Hall–Kier alpha value is -3.09. The van der Waals surface area contributed by atoms with Gasteiger partial charge in [0.25, 0.3) is 5.91 Å². The molecule has 1 saturated heterocycles. The lowest BCUT2D eigenvalue weighted by molar-refractivity contribution is -0.134. The molecule has 24 heavy (non-hydrogen) atoms. The molecule has 1 fully saturated rings. The third-order valence-corrected chi connectivity index (χ3v) is 3.97. The molecule has 0 radical (unpaired) electrons. The van der Waals surface area contributed by atoms with E-state index in [9.17, 15) is 14.4 Å². The minimum Gasteiger partial charge on any atom is -0.467 e. The monoisotopic (exact) mass is 327 g/mol. The Morgan fingerprint density at radius 1 is 1.21 bits per heavy atom. The maximum absolute atomic E-state index is 12.7. The second-order valence-electron chi connectivity index (χ2n) is 5.67. The molecule has 4 amide bonds. The molecule has 2 N–H and O–H groups in total. The number of furan rings is 1. The molecule has 0 spiro atoms. The number of hydrogen-bond acceptors (Lipinski definition) is 4. The van der Waals surface area contributed by atoms with Gasteiger partial charge in [-0.2, -0.15) is 0 Å². The Morgan fingerprint density at radius 3 is 2.62 bits per heavy atom. The third kappa shape index (κ3) is 2.88. The van der Waals surface area contributed by atoms with Gasteiger partial charge in [0, 0.05) is 0 Å². The van der Waals surface area contributed by atoms with Crippen LogP contribution in [0.2, 0.25) is 0 Å². The first kappa shape index (κ1) is 15.8. The number of nitrogens with zero attached hydrogens (tertiary/aromatic N) is 1. The van der Waals surface area contributed by atoms with Crippen LogP contribution in [-0.2, 0) is 21.7 Å². The highest BCUT2D eigenvalue weighted by Crippen LogP contribution is 2.28. The van der Waals surface area contributed by atoms with Crippen LogP contribution >= 0.6 is 0 Å². The molecule has 2 aromatic rings. The van der Waals surface area contributed by atoms with Gasteiger partial charge in [0.15, 0.2) is 0 Å². The summed E-state index contributed by atoms with van der Waals surface area (Å²) in [7, 11) is 0. The molecule has 0 unspecified atom stereocenters. The Kier molecular flexibility index (Phi) is 4.07. The van der Waals surface area contributed by atoms with Crippen LogP contribution in [0.5, 0.6) is 0 Å². The van der Waals surface area contributed by atoms with Crippen molar-refractivity contribution in [2.24, 2.45) is 0 Å². The van der Waals surface area contributed by atoms with E-state index in [1.807, 2.05) is 6.07 Å². The molecule has 2 heterocycles. The second kappa shape index (κ2) is 6.19. The number of urea groups is 1. The SMILES string of the molecule is C[C@@]1(c2ccccc2)NC(=O)N(CC(=O)NCc2ccco2)C1=O. The summed E-state index contributed by atoms with van der Waals surface area (Å²) in [5.74, 6) is -0.297. The van der Waals surface area contributed by atoms with Crippen LogP contribution in [0.3, 0.4) is 0 Å². The fourth-order valence-corrected chi connectivity index (χ4v) is 2.61. The zero-order valence-corrected chi connectivity index (χ0v) is 13.1. The Labute approximate surface area is 138 Å². The van der Waals surface area contributed by atoms with Crippen molar-refractivity contribution in [2.75, 3.05) is 6.54 Å². The van der Waals surface area contributed by atoms with Crippen molar-refractivity contribution >= 4 is 17.8 Å². The van der Waals surface area contributed by atoms with E-state index < -0.39 is 23.4 Å². The smallest absolute Gasteiger partial charge is 0.325 e. The maximum Gasteiger partial charge on any atom is 0.325 e. The van der Waals surface area contributed by atoms with Crippen LogP contribution in [0.15, 0.2) is 53.1 Å². The summed E-state index contributed by atoms with van der Waals surface area (Å²) in [6, 6.07) is 11.8. The molecular weight excluding hydrogens is 310 g/mol. The predicted molar refractivity (Wildman–Crippen MR) is 84.6 cm³/mol. The van der Waals surface area contributed by atoms with E-state index in [-0.39, 0.29) is 13.1 Å². The minimum absolute atomic E-state index is 0.200. The van der Waals surface area contributed by atoms with E-state index in [0.717, 1.165) is 4.90 Å². The molecule has 0 bridgehead atoms. The summed E-state index contributed by atoms with van der Waals surface area (Å²) >= 11 is 0. The lowest BCUT2D eigenvalue weighted by Gasteiger charge is -2.22. The number of imide groups is 1. The van der Waals surface area contributed by atoms with Gasteiger partial charge in [-0.05, 0) is 24.6 Å². The summed E-state index contributed by atoms with van der Waals surface area (Å²) in [5, 5.41) is 5.27. The van der Waals surface area contributed by atoms with Crippen LogP contribution in [0.4, 0.5) is 4.79 Å². The molecule has 7 heteroatoms. The minimum atomic E-state index is -1.17. The number of hydrogen-bond donors (Lipinski definition) is 2. The first-order valence-corrected chi connectivity index (χ1v) is 7.49. The van der Waals surface area contributed by atoms with E-state index in [2.05, 4.69) is 10.6 Å². The lowest BCUT2D eigenvalue weighted by Crippen LogP contribution is -2.43. The number of benzene rings is 1. The van der Waals surface area contributed by atoms with Crippen molar-refractivity contribution in [3.8, 4) is 0 Å². The highest BCUT2D eigenvalue weighted by atomic mass is 16.3. The summed E-state index contributed by atoms with van der Waals surface area (Å²) < 4.78 is 5.11. The van der Waals surface area contributed by atoms with E-state index in [1.165, 1.54) is 6.26 Å². The molecule has 0 saturated carbocycles. The van der Waals surface area contributed by atoms with Gasteiger partial charge >= 0.3 is 6.03 Å². The van der Waals surface area contributed by atoms with Gasteiger partial charge in [0.2, 0.25) is 5.91 Å². The quantitative estimate of drug-likeness (QED) is 0.811. The van der Waals surface area contributed by atoms with Gasteiger partial charge in [-0.3, -0.25) is 14.5 Å². The number of carbonyl (C=O) groups excluding carboxylic acids is 3. The normalized spacial score (nSPS) is 20.1. The van der Waals surface area contributed by atoms with Gasteiger partial charge in [0.1, 0.15) is 17.8 Å². The van der Waals surface area contributed by atoms with Gasteiger partial charge in [0.05, 0.1) is 12.8 Å². The summed E-state index contributed by atoms with van der Waals surface area (Å²) in [6.45, 7) is 1.49. The number of nitrogens with one attached hydrogen (secondary N) is 2. The van der Waals surface area contributed by atoms with Crippen LogP contribution in [0.25, 0.3) is 0 Å². The standard InChI is InChI=1S/C17H17N3O4/c1-17(12-6-3-2-4-7-12)15(22)20(16(23)19-17)11-14(21)18-10-13-8-5-9-24-13/h2-9H,10-11H2,1H3,(H,18,21)(H,19,23)/t17-/m0/s1. The van der Waals surface area contributed by atoms with E-state index in [1.54, 1.807) is 43.3 Å². The zero-order chi connectivity index (χ0) is 17.2. The lowest BCUT2D eigenvalue weighted by atomic mass is 9.92. The molecule has 1 aliphatic heterocycles. The van der Waals surface area contributed by atoms with Gasteiger partial charge < -0.3 is 15.1 Å². The molecular formula is C17H17N3O4. The number of amides is 4. The molecule has 3 rings (SSSR count). The first-order valence-electron chi connectivity index (χ1n) is 7.49. The number of rotatable bonds is 5. The van der Waals surface area contributed by atoms with E-state index >= 15 is 0 Å². The number of carbonyl (C=O) groups is 3. The highest BCUT2D eigenvalue weighted by Gasteiger charge is 2.49. The highest BCUT2D eigenvalue weighted by molar-refractivity contribution is 6.09. The topological polar surface area (TPSA) is 91.7 Å². The van der Waals surface area contributed by atoms with E-state index in [4.69, 9.17) is 4.42 Å². The molecule has 0 aliphatic carbocycles. The van der Waals surface area contributed by atoms with Crippen molar-refractivity contribution in [2.45, 2.75) is 19.0 Å². The molecule has 1 aromatic carbocycles. The predicted octanol–water partition coefficient (Wildman–Crippen LogP) is 1.36. The first-order chi connectivity index (χ1) is 11.5. The second-order valence-corrected chi connectivity index (χ2v) is 5.67. The fourth-order valence-electron chi connectivity index (χ4n) is 2.61. The molecule has 1 aromatic heterocycles. The van der Waals surface area contributed by atoms with Crippen LogP contribution in [0.1, 0.15) is 18.2 Å². The van der Waals surface area contributed by atoms with E-state index in [0.29, 0.717) is 11.3 Å². The molecule has 1 aliphatic rings. The molecule has 7 nitrogen and oxygen atoms in total. The van der Waals surface area contributed by atoms with Gasteiger partial charge in [-0.15, -0.1) is 0 Å². The van der Waals surface area contributed by atoms with Crippen molar-refractivity contribution in [1.82, 2.24) is 15.5 Å². The summed E-state index contributed by atoms with van der Waals surface area (Å²) in [6.07, 6.45) is 1.50. The Bertz CT molecular complexity index is 757. The Balaban J connectivity index is 1.67. The fraction of sp³-hybridized carbons (Fsp3) is 0.235. The van der Waals surface area contributed by atoms with Crippen LogP contribution < -0.4 is 10.6 Å². The molecule has 124 valence electrons.